The molecule has 2 N–H and O–H groups in total. The number of carbonyl (C=O) groups excluding carboxylic acids is 2. The molecule has 0 bridgehead atoms. The monoisotopic (exact) mass is 487 g/mol. The zero-order chi connectivity index (χ0) is 25.3. The van der Waals surface area contributed by atoms with Crippen LogP contribution in [-0.2, 0) is 11.8 Å². The lowest BCUT2D eigenvalue weighted by atomic mass is 10.1. The van der Waals surface area contributed by atoms with Crippen LogP contribution in [-0.4, -0.2) is 124 Å². The minimum atomic E-state index is -1.02. The van der Waals surface area contributed by atoms with E-state index >= 15 is 0 Å². The van der Waals surface area contributed by atoms with Crippen molar-refractivity contribution in [2.45, 2.75) is 19.0 Å². The van der Waals surface area contributed by atoms with Crippen molar-refractivity contribution in [1.29, 1.82) is 0 Å². The van der Waals surface area contributed by atoms with Gasteiger partial charge in [-0.25, -0.2) is 4.79 Å². The van der Waals surface area contributed by atoms with E-state index in [0.717, 1.165) is 16.7 Å². The van der Waals surface area contributed by atoms with Crippen molar-refractivity contribution in [2.75, 3.05) is 59.5 Å². The highest BCUT2D eigenvalue weighted by molar-refractivity contribution is 5.99. The Labute approximate surface area is 204 Å². The molecule has 35 heavy (non-hydrogen) atoms. The second kappa shape index (κ2) is 10.1. The van der Waals surface area contributed by atoms with E-state index in [-0.39, 0.29) is 37.6 Å². The third-order valence-electron chi connectivity index (χ3n) is 7.14. The molecule has 11 heteroatoms. The van der Waals surface area contributed by atoms with E-state index in [1.165, 1.54) is 4.90 Å². The van der Waals surface area contributed by atoms with Gasteiger partial charge in [0.05, 0.1) is 31.8 Å². The van der Waals surface area contributed by atoms with Crippen molar-refractivity contribution >= 4 is 28.8 Å². The summed E-state index contributed by atoms with van der Waals surface area (Å²) < 4.78 is 7.16. The predicted octanol–water partition coefficient (Wildman–Crippen LogP) is 0.516. The maximum absolute atomic E-state index is 13.2. The predicted molar refractivity (Wildman–Crippen MR) is 129 cm³/mol. The number of methoxy groups -OCH3 is 1. The van der Waals surface area contributed by atoms with Crippen LogP contribution in [0, 0.1) is 0 Å². The SMILES string of the molecule is COc1ccc2cc(C(=O)N3CCN(C(=O)CN4CC(C)N(C(=O)O)CC4CO)CC3)n(C)c2c1. The maximum Gasteiger partial charge on any atom is 0.407 e. The van der Waals surface area contributed by atoms with Crippen LogP contribution >= 0.6 is 0 Å². The van der Waals surface area contributed by atoms with Crippen LogP contribution in [0.3, 0.4) is 0 Å². The number of aliphatic hydroxyl groups is 1. The summed E-state index contributed by atoms with van der Waals surface area (Å²) in [6.45, 7) is 3.96. The van der Waals surface area contributed by atoms with Crippen LogP contribution in [0.1, 0.15) is 17.4 Å². The van der Waals surface area contributed by atoms with E-state index in [9.17, 15) is 24.6 Å². The van der Waals surface area contributed by atoms with E-state index in [4.69, 9.17) is 4.74 Å². The van der Waals surface area contributed by atoms with Gasteiger partial charge in [-0.15, -0.1) is 0 Å². The molecule has 2 saturated heterocycles. The first kappa shape index (κ1) is 24.8. The summed E-state index contributed by atoms with van der Waals surface area (Å²) in [5.74, 6) is 0.573. The smallest absolute Gasteiger partial charge is 0.407 e. The van der Waals surface area contributed by atoms with Crippen LogP contribution < -0.4 is 4.74 Å². The Bertz CT molecular complexity index is 1110. The van der Waals surface area contributed by atoms with Crippen molar-refractivity contribution in [3.63, 3.8) is 0 Å². The molecule has 2 aromatic rings. The molecule has 190 valence electrons. The molecule has 2 aliphatic heterocycles. The number of aromatic nitrogens is 1. The molecular weight excluding hydrogens is 454 g/mol. The second-order valence-electron chi connectivity index (χ2n) is 9.24. The van der Waals surface area contributed by atoms with Gasteiger partial charge in [-0.2, -0.15) is 0 Å². The van der Waals surface area contributed by atoms with E-state index in [1.807, 2.05) is 40.8 Å². The molecule has 2 aliphatic rings. The lowest BCUT2D eigenvalue weighted by Crippen LogP contribution is -2.62. The number of ether oxygens (including phenoxy) is 1. The number of nitrogens with zero attached hydrogens (tertiary/aromatic N) is 5. The number of carbonyl (C=O) groups is 3. The summed E-state index contributed by atoms with van der Waals surface area (Å²) in [6, 6.07) is 6.89. The average Bonchev–Trinajstić information content (AvgIpc) is 3.19. The van der Waals surface area contributed by atoms with Crippen molar-refractivity contribution in [3.8, 4) is 5.75 Å². The third kappa shape index (κ3) is 4.92. The number of hydrogen-bond donors (Lipinski definition) is 2. The largest absolute Gasteiger partial charge is 0.497 e. The van der Waals surface area contributed by atoms with Gasteiger partial charge in [-0.1, -0.05) is 0 Å². The number of amides is 3. The van der Waals surface area contributed by atoms with Gasteiger partial charge in [-0.3, -0.25) is 14.5 Å². The molecule has 0 radical (unpaired) electrons. The number of benzene rings is 1. The Kier molecular flexibility index (Phi) is 7.18. The highest BCUT2D eigenvalue weighted by Gasteiger charge is 2.36. The fourth-order valence-corrected chi connectivity index (χ4v) is 4.98. The Hall–Kier alpha value is -3.31. The molecule has 11 nitrogen and oxygen atoms in total. The molecule has 2 unspecified atom stereocenters. The van der Waals surface area contributed by atoms with Gasteiger partial charge in [-0.05, 0) is 25.1 Å². The molecule has 3 amide bonds. The summed E-state index contributed by atoms with van der Waals surface area (Å²) in [4.78, 5) is 44.3. The van der Waals surface area contributed by atoms with E-state index in [1.54, 1.807) is 23.8 Å². The van der Waals surface area contributed by atoms with Crippen LogP contribution in [0.4, 0.5) is 4.79 Å². The molecule has 2 fully saturated rings. The molecule has 1 aromatic carbocycles. The minimum Gasteiger partial charge on any atom is -0.497 e. The Balaban J connectivity index is 1.36. The quantitative estimate of drug-likeness (QED) is 0.631. The molecule has 0 aliphatic carbocycles. The lowest BCUT2D eigenvalue weighted by Gasteiger charge is -2.44. The number of rotatable bonds is 5. The van der Waals surface area contributed by atoms with Crippen LogP contribution in [0.2, 0.25) is 0 Å². The number of piperazine rings is 2. The van der Waals surface area contributed by atoms with Crippen molar-refractivity contribution in [3.05, 3.63) is 30.0 Å². The fourth-order valence-electron chi connectivity index (χ4n) is 4.98. The first-order valence-electron chi connectivity index (χ1n) is 11.8. The van der Waals surface area contributed by atoms with Gasteiger partial charge in [0.25, 0.3) is 5.91 Å². The van der Waals surface area contributed by atoms with Gasteiger partial charge in [0, 0.05) is 63.8 Å². The van der Waals surface area contributed by atoms with Gasteiger partial charge in [0.1, 0.15) is 11.4 Å². The number of carboxylic acid groups (broad SMARTS) is 1. The molecule has 1 aromatic heterocycles. The van der Waals surface area contributed by atoms with E-state index in [0.29, 0.717) is 38.4 Å². The molecule has 2 atom stereocenters. The summed E-state index contributed by atoms with van der Waals surface area (Å²) >= 11 is 0. The number of aliphatic hydroxyl groups excluding tert-OH is 1. The van der Waals surface area contributed by atoms with Gasteiger partial charge in [0.15, 0.2) is 0 Å². The highest BCUT2D eigenvalue weighted by atomic mass is 16.5. The highest BCUT2D eigenvalue weighted by Crippen LogP contribution is 2.25. The standard InChI is InChI=1S/C24H33N5O6/c1-16-12-28(18(15-30)13-29(16)24(33)34)14-22(31)26-6-8-27(9-7-26)23(32)21-10-17-4-5-19(35-3)11-20(17)25(21)2/h4-5,10-11,16,18,30H,6-9,12-15H2,1-3H3,(H,33,34). The first-order chi connectivity index (χ1) is 16.7. The fraction of sp³-hybridized carbons (Fsp3) is 0.542. The van der Waals surface area contributed by atoms with Gasteiger partial charge >= 0.3 is 6.09 Å². The van der Waals surface area contributed by atoms with Crippen molar-refractivity contribution in [1.82, 2.24) is 24.2 Å². The maximum atomic E-state index is 13.2. The van der Waals surface area contributed by atoms with Crippen LogP contribution in [0.15, 0.2) is 24.3 Å². The summed E-state index contributed by atoms with van der Waals surface area (Å²) in [7, 11) is 3.47. The zero-order valence-electron chi connectivity index (χ0n) is 20.4. The van der Waals surface area contributed by atoms with Gasteiger partial charge in [0.2, 0.25) is 5.91 Å². The zero-order valence-corrected chi connectivity index (χ0v) is 20.4. The summed E-state index contributed by atoms with van der Waals surface area (Å²) in [6.07, 6.45) is -1.02. The van der Waals surface area contributed by atoms with Crippen LogP contribution in [0.25, 0.3) is 10.9 Å². The first-order valence-corrected chi connectivity index (χ1v) is 11.8. The van der Waals surface area contributed by atoms with Crippen molar-refractivity contribution in [2.24, 2.45) is 7.05 Å². The molecule has 0 spiro atoms. The number of aryl methyl sites for hydroxylation is 1. The normalized spacial score (nSPS) is 21.4. The molecule has 0 saturated carbocycles. The summed E-state index contributed by atoms with van der Waals surface area (Å²) in [5, 5.41) is 20.0. The molecular formula is C24H33N5O6. The summed E-state index contributed by atoms with van der Waals surface area (Å²) in [5.41, 5.74) is 1.50. The van der Waals surface area contributed by atoms with Gasteiger partial charge < -0.3 is 34.2 Å². The number of fused-ring (bicyclic) bond motifs is 1. The average molecular weight is 488 g/mol. The topological polar surface area (TPSA) is 119 Å². The Morgan fingerprint density at radius 3 is 2.37 bits per heavy atom. The third-order valence-corrected chi connectivity index (χ3v) is 7.14. The lowest BCUT2D eigenvalue weighted by molar-refractivity contribution is -0.135. The Morgan fingerprint density at radius 1 is 1.06 bits per heavy atom. The number of hydrogen-bond acceptors (Lipinski definition) is 6. The van der Waals surface area contributed by atoms with Crippen LogP contribution in [0.5, 0.6) is 5.75 Å². The second-order valence-corrected chi connectivity index (χ2v) is 9.24. The molecule has 3 heterocycles. The Morgan fingerprint density at radius 2 is 1.74 bits per heavy atom. The van der Waals surface area contributed by atoms with Crippen molar-refractivity contribution < 1.29 is 29.3 Å². The van der Waals surface area contributed by atoms with E-state index < -0.39 is 12.1 Å². The van der Waals surface area contributed by atoms with E-state index in [2.05, 4.69) is 0 Å². The minimum absolute atomic E-state index is 0.0753. The molecule has 4 rings (SSSR count).